The first kappa shape index (κ1) is 32.2. The van der Waals surface area contributed by atoms with Gasteiger partial charge in [-0.3, -0.25) is 0 Å². The first-order chi connectivity index (χ1) is 27.8. The Morgan fingerprint density at radius 3 is 1.29 bits per heavy atom. The fourth-order valence-corrected chi connectivity index (χ4v) is 9.50. The number of nitrogens with zero attached hydrogens (tertiary/aromatic N) is 1. The number of hydrogen-bond donors (Lipinski definition) is 0. The van der Waals surface area contributed by atoms with Gasteiger partial charge in [0, 0.05) is 16.9 Å². The lowest BCUT2D eigenvalue weighted by molar-refractivity contribution is 0.794. The van der Waals surface area contributed by atoms with Gasteiger partial charge in [-0.15, -0.1) is 0 Å². The number of hydrogen-bond acceptors (Lipinski definition) is 1. The molecule has 2 aliphatic carbocycles. The molecule has 0 amide bonds. The number of rotatable bonds is 6. The zero-order valence-electron chi connectivity index (χ0n) is 30.8. The lowest BCUT2D eigenvalue weighted by atomic mass is 9.70. The van der Waals surface area contributed by atoms with E-state index in [-0.39, 0.29) is 5.41 Å². The summed E-state index contributed by atoms with van der Waals surface area (Å²) >= 11 is 0. The van der Waals surface area contributed by atoms with Gasteiger partial charge in [-0.2, -0.15) is 0 Å². The van der Waals surface area contributed by atoms with E-state index in [9.17, 15) is 0 Å². The van der Waals surface area contributed by atoms with Gasteiger partial charge in [0.2, 0.25) is 0 Å². The second kappa shape index (κ2) is 13.0. The molecule has 0 atom stereocenters. The van der Waals surface area contributed by atoms with Crippen molar-refractivity contribution < 1.29 is 0 Å². The van der Waals surface area contributed by atoms with E-state index in [0.29, 0.717) is 0 Å². The van der Waals surface area contributed by atoms with Crippen molar-refractivity contribution in [2.24, 2.45) is 0 Å². The van der Waals surface area contributed by atoms with E-state index in [1.807, 2.05) is 0 Å². The predicted molar refractivity (Wildman–Crippen MR) is 234 cm³/mol. The van der Waals surface area contributed by atoms with Crippen LogP contribution in [0.5, 0.6) is 0 Å². The highest BCUT2D eigenvalue weighted by molar-refractivity contribution is 5.98. The molecule has 11 rings (SSSR count). The van der Waals surface area contributed by atoms with E-state index >= 15 is 0 Å². The van der Waals surface area contributed by atoms with E-state index in [2.05, 4.69) is 229 Å². The maximum atomic E-state index is 2.47. The van der Waals surface area contributed by atoms with Crippen LogP contribution in [0.3, 0.4) is 0 Å². The molecule has 0 fully saturated rings. The second-order valence-electron chi connectivity index (χ2n) is 14.8. The zero-order chi connectivity index (χ0) is 37.1. The minimum absolute atomic E-state index is 0.387. The van der Waals surface area contributed by atoms with Crippen molar-refractivity contribution in [2.75, 3.05) is 4.90 Å². The summed E-state index contributed by atoms with van der Waals surface area (Å²) in [6.45, 7) is 0. The van der Waals surface area contributed by atoms with Crippen molar-refractivity contribution in [1.82, 2.24) is 0 Å². The topological polar surface area (TPSA) is 3.24 Å². The van der Waals surface area contributed by atoms with Gasteiger partial charge in [0.1, 0.15) is 0 Å². The van der Waals surface area contributed by atoms with Crippen LogP contribution in [0.2, 0.25) is 0 Å². The molecule has 0 unspecified atom stereocenters. The average molecular weight is 712 g/mol. The number of anilines is 3. The highest BCUT2D eigenvalue weighted by Crippen LogP contribution is 2.63. The molecule has 0 saturated carbocycles. The molecule has 1 nitrogen and oxygen atoms in total. The van der Waals surface area contributed by atoms with Crippen molar-refractivity contribution in [2.45, 2.75) is 5.41 Å². The highest BCUT2D eigenvalue weighted by Gasteiger charge is 2.51. The van der Waals surface area contributed by atoms with Gasteiger partial charge in [-0.05, 0) is 109 Å². The fraction of sp³-hybridized carbons (Fsp3) is 0.0182. The van der Waals surface area contributed by atoms with Gasteiger partial charge in [-0.25, -0.2) is 0 Å². The lowest BCUT2D eigenvalue weighted by Crippen LogP contribution is -2.25. The molecule has 2 aliphatic rings. The van der Waals surface area contributed by atoms with Gasteiger partial charge in [0.15, 0.2) is 0 Å². The van der Waals surface area contributed by atoms with Gasteiger partial charge in [0.25, 0.3) is 0 Å². The van der Waals surface area contributed by atoms with Crippen molar-refractivity contribution in [3.05, 3.63) is 247 Å². The Kier molecular flexibility index (Phi) is 7.47. The lowest BCUT2D eigenvalue weighted by Gasteiger charge is -2.32. The molecule has 9 aromatic rings. The minimum Gasteiger partial charge on any atom is -0.310 e. The van der Waals surface area contributed by atoms with Gasteiger partial charge in [0.05, 0.1) is 11.1 Å². The van der Waals surface area contributed by atoms with Gasteiger partial charge < -0.3 is 4.90 Å². The minimum atomic E-state index is -0.387. The largest absolute Gasteiger partial charge is 0.310 e. The SMILES string of the molecule is c1ccc(-c2cccc(N(c3ccc4c(c3)-c3ccccc3C43c4ccccc4-c4ccccc43)c3ccc(-c4ccccc4)cc3-c3ccccc3)c2)cc1. The van der Waals surface area contributed by atoms with Crippen LogP contribution in [0.15, 0.2) is 224 Å². The summed E-state index contributed by atoms with van der Waals surface area (Å²) in [6.07, 6.45) is 0. The quantitative estimate of drug-likeness (QED) is 0.166. The number of benzene rings is 9. The molecular formula is C55H37N. The molecule has 9 aromatic carbocycles. The van der Waals surface area contributed by atoms with E-state index in [4.69, 9.17) is 0 Å². The third-order valence-electron chi connectivity index (χ3n) is 11.9. The van der Waals surface area contributed by atoms with Crippen molar-refractivity contribution >= 4 is 17.1 Å². The maximum Gasteiger partial charge on any atom is 0.0725 e. The summed E-state index contributed by atoms with van der Waals surface area (Å²) < 4.78 is 0. The summed E-state index contributed by atoms with van der Waals surface area (Å²) in [7, 11) is 0. The molecule has 0 aliphatic heterocycles. The van der Waals surface area contributed by atoms with E-state index in [1.54, 1.807) is 0 Å². The summed E-state index contributed by atoms with van der Waals surface area (Å²) in [5.74, 6) is 0. The molecule has 262 valence electrons. The van der Waals surface area contributed by atoms with E-state index in [1.165, 1.54) is 77.9 Å². The standard InChI is InChI=1S/C55H37N/c1-4-17-38(18-5-1)41-23-16-24-43(35-41)56(54-34-31-42(39-19-6-2-7-20-39)36-48(54)40-21-8-3-9-22-40)44-32-33-53-49(37-44)47-27-12-15-30-52(47)55(53)50-28-13-10-25-45(50)46-26-11-14-29-51(46)55/h1-37H. The van der Waals surface area contributed by atoms with E-state index < -0.39 is 0 Å². The van der Waals surface area contributed by atoms with Crippen LogP contribution in [0.1, 0.15) is 22.3 Å². The molecular weight excluding hydrogens is 675 g/mol. The van der Waals surface area contributed by atoms with Crippen LogP contribution in [-0.2, 0) is 5.41 Å². The van der Waals surface area contributed by atoms with Crippen molar-refractivity contribution in [3.63, 3.8) is 0 Å². The highest BCUT2D eigenvalue weighted by atomic mass is 15.1. The molecule has 0 bridgehead atoms. The van der Waals surface area contributed by atoms with Gasteiger partial charge in [-0.1, -0.05) is 188 Å². The Hall–Kier alpha value is -7.22. The van der Waals surface area contributed by atoms with E-state index in [0.717, 1.165) is 17.1 Å². The summed E-state index contributed by atoms with van der Waals surface area (Å²) in [6, 6.07) is 82.4. The van der Waals surface area contributed by atoms with Crippen LogP contribution in [0.25, 0.3) is 55.6 Å². The molecule has 0 saturated heterocycles. The molecule has 0 N–H and O–H groups in total. The molecule has 1 heteroatoms. The van der Waals surface area contributed by atoms with Crippen LogP contribution < -0.4 is 4.90 Å². The molecule has 0 aromatic heterocycles. The zero-order valence-corrected chi connectivity index (χ0v) is 30.8. The van der Waals surface area contributed by atoms with Crippen LogP contribution in [-0.4, -0.2) is 0 Å². The Morgan fingerprint density at radius 1 is 0.250 bits per heavy atom. The molecule has 1 spiro atoms. The molecule has 56 heavy (non-hydrogen) atoms. The first-order valence-electron chi connectivity index (χ1n) is 19.4. The monoisotopic (exact) mass is 711 g/mol. The maximum absolute atomic E-state index is 2.47. The molecule has 0 heterocycles. The Balaban J connectivity index is 1.17. The van der Waals surface area contributed by atoms with Crippen LogP contribution in [0, 0.1) is 0 Å². The van der Waals surface area contributed by atoms with Crippen molar-refractivity contribution in [1.29, 1.82) is 0 Å². The van der Waals surface area contributed by atoms with Crippen LogP contribution in [0.4, 0.5) is 17.1 Å². The smallest absolute Gasteiger partial charge is 0.0725 e. The summed E-state index contributed by atoms with van der Waals surface area (Å²) in [5.41, 5.74) is 20.7. The number of fused-ring (bicyclic) bond motifs is 10. The van der Waals surface area contributed by atoms with Crippen molar-refractivity contribution in [3.8, 4) is 55.6 Å². The Labute approximate surface area is 328 Å². The third-order valence-corrected chi connectivity index (χ3v) is 11.9. The summed E-state index contributed by atoms with van der Waals surface area (Å²) in [4.78, 5) is 2.47. The second-order valence-corrected chi connectivity index (χ2v) is 14.8. The normalized spacial score (nSPS) is 12.8. The third kappa shape index (κ3) is 4.88. The van der Waals surface area contributed by atoms with Gasteiger partial charge >= 0.3 is 0 Å². The molecule has 0 radical (unpaired) electrons. The Morgan fingerprint density at radius 2 is 0.696 bits per heavy atom. The fourth-order valence-electron chi connectivity index (χ4n) is 9.50. The average Bonchev–Trinajstić information content (AvgIpc) is 3.75. The Bertz CT molecular complexity index is 2860. The predicted octanol–water partition coefficient (Wildman–Crippen LogP) is 14.5. The summed E-state index contributed by atoms with van der Waals surface area (Å²) in [5, 5.41) is 0. The first-order valence-corrected chi connectivity index (χ1v) is 19.4. The van der Waals surface area contributed by atoms with Crippen LogP contribution >= 0.6 is 0 Å².